The minimum atomic E-state index is -0.838. The Labute approximate surface area is 113 Å². The average molecular weight is 270 g/mol. The van der Waals surface area contributed by atoms with Gasteiger partial charge in [-0.2, -0.15) is 0 Å². The average Bonchev–Trinajstić information content (AvgIpc) is 3.19. The standard InChI is InChI=1S/C13H22N2O4/c1-19-8-7-14-3-2-4-15(6-5-14)12(16)10-9-11(10)13(17)18/h10-11H,2-9H2,1H3,(H,17,18). The molecule has 1 saturated heterocycles. The molecular formula is C13H22N2O4. The number of carboxylic acid groups (broad SMARTS) is 1. The number of carbonyl (C=O) groups is 2. The maximum Gasteiger partial charge on any atom is 0.307 e. The van der Waals surface area contributed by atoms with E-state index in [4.69, 9.17) is 9.84 Å². The van der Waals surface area contributed by atoms with Crippen LogP contribution in [0.25, 0.3) is 0 Å². The fourth-order valence-electron chi connectivity index (χ4n) is 2.61. The fourth-order valence-corrected chi connectivity index (χ4v) is 2.61. The van der Waals surface area contributed by atoms with Crippen molar-refractivity contribution in [2.24, 2.45) is 11.8 Å². The fraction of sp³-hybridized carbons (Fsp3) is 0.846. The van der Waals surface area contributed by atoms with Crippen molar-refractivity contribution in [1.29, 1.82) is 0 Å². The lowest BCUT2D eigenvalue weighted by Crippen LogP contribution is -2.37. The highest BCUT2D eigenvalue weighted by molar-refractivity contribution is 5.89. The molecule has 0 aromatic carbocycles. The molecular weight excluding hydrogens is 248 g/mol. The minimum absolute atomic E-state index is 0.0287. The van der Waals surface area contributed by atoms with Gasteiger partial charge in [-0.1, -0.05) is 0 Å². The highest BCUT2D eigenvalue weighted by atomic mass is 16.5. The Morgan fingerprint density at radius 1 is 1.21 bits per heavy atom. The number of ether oxygens (including phenoxy) is 1. The summed E-state index contributed by atoms with van der Waals surface area (Å²) in [7, 11) is 1.69. The largest absolute Gasteiger partial charge is 0.481 e. The summed E-state index contributed by atoms with van der Waals surface area (Å²) in [5.41, 5.74) is 0. The second-order valence-corrected chi connectivity index (χ2v) is 5.30. The Balaban J connectivity index is 1.79. The van der Waals surface area contributed by atoms with Crippen LogP contribution in [0.4, 0.5) is 0 Å². The summed E-state index contributed by atoms with van der Waals surface area (Å²) in [6, 6.07) is 0. The van der Waals surface area contributed by atoms with Gasteiger partial charge in [0.25, 0.3) is 0 Å². The van der Waals surface area contributed by atoms with Crippen molar-refractivity contribution in [2.75, 3.05) is 46.4 Å². The van der Waals surface area contributed by atoms with Gasteiger partial charge in [-0.15, -0.1) is 0 Å². The zero-order valence-corrected chi connectivity index (χ0v) is 11.4. The van der Waals surface area contributed by atoms with Gasteiger partial charge in [-0.05, 0) is 19.4 Å². The lowest BCUT2D eigenvalue weighted by molar-refractivity contribution is -0.141. The predicted molar refractivity (Wildman–Crippen MR) is 68.7 cm³/mol. The smallest absolute Gasteiger partial charge is 0.307 e. The molecule has 0 aromatic heterocycles. The van der Waals surface area contributed by atoms with Crippen LogP contribution in [-0.2, 0) is 14.3 Å². The molecule has 0 radical (unpaired) electrons. The molecule has 0 aromatic rings. The lowest BCUT2D eigenvalue weighted by atomic mass is 10.2. The Morgan fingerprint density at radius 3 is 2.63 bits per heavy atom. The number of carboxylic acids is 1. The van der Waals surface area contributed by atoms with E-state index in [0.717, 1.165) is 32.6 Å². The highest BCUT2D eigenvalue weighted by Gasteiger charge is 2.49. The summed E-state index contributed by atoms with van der Waals surface area (Å²) >= 11 is 0. The molecule has 1 N–H and O–H groups in total. The van der Waals surface area contributed by atoms with E-state index in [2.05, 4.69) is 4.90 Å². The van der Waals surface area contributed by atoms with E-state index in [1.165, 1.54) is 0 Å². The van der Waals surface area contributed by atoms with Crippen molar-refractivity contribution in [3.63, 3.8) is 0 Å². The Bertz CT molecular complexity index is 348. The Morgan fingerprint density at radius 2 is 2.00 bits per heavy atom. The third-order valence-electron chi connectivity index (χ3n) is 3.94. The van der Waals surface area contributed by atoms with Crippen LogP contribution in [0.1, 0.15) is 12.8 Å². The Kier molecular flexibility index (Phi) is 4.76. The molecule has 2 aliphatic rings. The molecule has 2 atom stereocenters. The maximum absolute atomic E-state index is 12.2. The quantitative estimate of drug-likeness (QED) is 0.754. The van der Waals surface area contributed by atoms with Crippen molar-refractivity contribution in [2.45, 2.75) is 12.8 Å². The summed E-state index contributed by atoms with van der Waals surface area (Å²) in [5.74, 6) is -1.53. The summed E-state index contributed by atoms with van der Waals surface area (Å²) in [6.07, 6.45) is 1.46. The van der Waals surface area contributed by atoms with Crippen molar-refractivity contribution in [1.82, 2.24) is 9.80 Å². The first-order chi connectivity index (χ1) is 9.13. The van der Waals surface area contributed by atoms with E-state index in [1.54, 1.807) is 7.11 Å². The van der Waals surface area contributed by atoms with Crippen molar-refractivity contribution in [3.8, 4) is 0 Å². The van der Waals surface area contributed by atoms with E-state index in [-0.39, 0.29) is 11.8 Å². The van der Waals surface area contributed by atoms with Gasteiger partial charge in [0.15, 0.2) is 0 Å². The number of methoxy groups -OCH3 is 1. The molecule has 19 heavy (non-hydrogen) atoms. The number of rotatable bonds is 5. The van der Waals surface area contributed by atoms with Crippen LogP contribution in [-0.4, -0.2) is 73.2 Å². The molecule has 0 spiro atoms. The second-order valence-electron chi connectivity index (χ2n) is 5.30. The van der Waals surface area contributed by atoms with Gasteiger partial charge in [0.2, 0.25) is 5.91 Å². The van der Waals surface area contributed by atoms with Crippen LogP contribution in [0.15, 0.2) is 0 Å². The molecule has 2 unspecified atom stereocenters. The molecule has 1 heterocycles. The van der Waals surface area contributed by atoms with E-state index in [0.29, 0.717) is 19.6 Å². The van der Waals surface area contributed by atoms with Crippen LogP contribution in [0.2, 0.25) is 0 Å². The van der Waals surface area contributed by atoms with Crippen LogP contribution < -0.4 is 0 Å². The molecule has 0 bridgehead atoms. The van der Waals surface area contributed by atoms with Gasteiger partial charge >= 0.3 is 5.97 Å². The zero-order valence-electron chi connectivity index (χ0n) is 11.4. The van der Waals surface area contributed by atoms with Gasteiger partial charge < -0.3 is 14.7 Å². The number of carbonyl (C=O) groups excluding carboxylic acids is 1. The van der Waals surface area contributed by atoms with E-state index in [1.807, 2.05) is 4.90 Å². The number of hydrogen-bond acceptors (Lipinski definition) is 4. The Hall–Kier alpha value is -1.14. The maximum atomic E-state index is 12.2. The number of amides is 1. The van der Waals surface area contributed by atoms with E-state index >= 15 is 0 Å². The van der Waals surface area contributed by atoms with Crippen molar-refractivity contribution >= 4 is 11.9 Å². The summed E-state index contributed by atoms with van der Waals surface area (Å²) in [5, 5.41) is 8.87. The molecule has 1 aliphatic carbocycles. The third-order valence-corrected chi connectivity index (χ3v) is 3.94. The molecule has 108 valence electrons. The van der Waals surface area contributed by atoms with Gasteiger partial charge in [0.1, 0.15) is 0 Å². The predicted octanol–water partition coefficient (Wildman–Crippen LogP) is -0.112. The van der Waals surface area contributed by atoms with Crippen LogP contribution in [0.5, 0.6) is 0 Å². The third kappa shape index (κ3) is 3.67. The van der Waals surface area contributed by atoms with Gasteiger partial charge in [0.05, 0.1) is 18.4 Å². The highest BCUT2D eigenvalue weighted by Crippen LogP contribution is 2.40. The first-order valence-corrected chi connectivity index (χ1v) is 6.86. The number of aliphatic carboxylic acids is 1. The second kappa shape index (κ2) is 6.34. The van der Waals surface area contributed by atoms with Gasteiger partial charge in [-0.3, -0.25) is 14.5 Å². The first-order valence-electron chi connectivity index (χ1n) is 6.86. The number of nitrogens with zero attached hydrogens (tertiary/aromatic N) is 2. The van der Waals surface area contributed by atoms with Gasteiger partial charge in [-0.25, -0.2) is 0 Å². The molecule has 1 saturated carbocycles. The van der Waals surface area contributed by atoms with Crippen LogP contribution in [0.3, 0.4) is 0 Å². The zero-order chi connectivity index (χ0) is 13.8. The van der Waals surface area contributed by atoms with Crippen molar-refractivity contribution in [3.05, 3.63) is 0 Å². The van der Waals surface area contributed by atoms with E-state index in [9.17, 15) is 9.59 Å². The number of hydrogen-bond donors (Lipinski definition) is 1. The summed E-state index contributed by atoms with van der Waals surface area (Å²) in [6.45, 7) is 4.85. The molecule has 1 amide bonds. The molecule has 1 aliphatic heterocycles. The van der Waals surface area contributed by atoms with Crippen molar-refractivity contribution < 1.29 is 19.4 Å². The SMILES string of the molecule is COCCN1CCCN(C(=O)C2CC2C(=O)O)CC1. The van der Waals surface area contributed by atoms with E-state index < -0.39 is 11.9 Å². The lowest BCUT2D eigenvalue weighted by Gasteiger charge is -2.21. The molecule has 6 nitrogen and oxygen atoms in total. The molecule has 2 fully saturated rings. The monoisotopic (exact) mass is 270 g/mol. The van der Waals surface area contributed by atoms with Gasteiger partial charge in [0, 0.05) is 33.3 Å². The first kappa shape index (κ1) is 14.3. The van der Waals surface area contributed by atoms with Crippen LogP contribution >= 0.6 is 0 Å². The molecule has 6 heteroatoms. The summed E-state index contributed by atoms with van der Waals surface area (Å²) in [4.78, 5) is 27.1. The van der Waals surface area contributed by atoms with Crippen LogP contribution in [0, 0.1) is 11.8 Å². The molecule has 2 rings (SSSR count). The topological polar surface area (TPSA) is 70.1 Å². The minimum Gasteiger partial charge on any atom is -0.481 e. The summed E-state index contributed by atoms with van der Waals surface area (Å²) < 4.78 is 5.06. The normalized spacial score (nSPS) is 27.9.